The van der Waals surface area contributed by atoms with Gasteiger partial charge in [0.1, 0.15) is 5.69 Å². The van der Waals surface area contributed by atoms with E-state index in [0.717, 1.165) is 22.6 Å². The molecule has 0 aliphatic carbocycles. The molecule has 1 heterocycles. The SMILES string of the molecule is NCc1nnn(-c2ccc(C(=O)O)cc2)c1Cc1ccccc1. The summed E-state index contributed by atoms with van der Waals surface area (Å²) in [5.41, 5.74) is 9.53. The number of benzene rings is 2. The Bertz CT molecular complexity index is 810. The lowest BCUT2D eigenvalue weighted by Gasteiger charge is -2.08. The predicted molar refractivity (Wildman–Crippen MR) is 85.5 cm³/mol. The zero-order valence-electron chi connectivity index (χ0n) is 12.4. The lowest BCUT2D eigenvalue weighted by atomic mass is 10.1. The van der Waals surface area contributed by atoms with Gasteiger partial charge in [0.15, 0.2) is 0 Å². The Kier molecular flexibility index (Phi) is 4.16. The van der Waals surface area contributed by atoms with Crippen molar-refractivity contribution in [3.05, 3.63) is 77.1 Å². The summed E-state index contributed by atoms with van der Waals surface area (Å²) in [4.78, 5) is 11.0. The molecule has 1 aromatic heterocycles. The van der Waals surface area contributed by atoms with Crippen LogP contribution in [-0.2, 0) is 13.0 Å². The van der Waals surface area contributed by atoms with Gasteiger partial charge >= 0.3 is 5.97 Å². The molecule has 0 saturated heterocycles. The van der Waals surface area contributed by atoms with E-state index in [1.54, 1.807) is 28.9 Å². The summed E-state index contributed by atoms with van der Waals surface area (Å²) in [6.07, 6.45) is 0.654. The zero-order valence-corrected chi connectivity index (χ0v) is 12.4. The summed E-state index contributed by atoms with van der Waals surface area (Å²) in [6.45, 7) is 0.301. The number of nitrogens with zero attached hydrogens (tertiary/aromatic N) is 3. The van der Waals surface area contributed by atoms with Crippen molar-refractivity contribution in [2.75, 3.05) is 0 Å². The van der Waals surface area contributed by atoms with E-state index in [1.807, 2.05) is 30.3 Å². The zero-order chi connectivity index (χ0) is 16.2. The molecular weight excluding hydrogens is 292 g/mol. The van der Waals surface area contributed by atoms with Crippen molar-refractivity contribution in [1.82, 2.24) is 15.0 Å². The summed E-state index contributed by atoms with van der Waals surface area (Å²) in [7, 11) is 0. The maximum absolute atomic E-state index is 11.0. The van der Waals surface area contributed by atoms with Crippen LogP contribution in [0.25, 0.3) is 5.69 Å². The van der Waals surface area contributed by atoms with E-state index in [1.165, 1.54) is 0 Å². The second-order valence-corrected chi connectivity index (χ2v) is 5.11. The van der Waals surface area contributed by atoms with Crippen molar-refractivity contribution in [2.24, 2.45) is 5.73 Å². The summed E-state index contributed by atoms with van der Waals surface area (Å²) in [6, 6.07) is 16.5. The third kappa shape index (κ3) is 3.12. The first-order chi connectivity index (χ1) is 11.2. The quantitative estimate of drug-likeness (QED) is 0.752. The van der Waals surface area contributed by atoms with Crippen LogP contribution < -0.4 is 5.73 Å². The summed E-state index contributed by atoms with van der Waals surface area (Å²) < 4.78 is 1.71. The van der Waals surface area contributed by atoms with Gasteiger partial charge in [0.25, 0.3) is 0 Å². The summed E-state index contributed by atoms with van der Waals surface area (Å²) in [5, 5.41) is 17.3. The van der Waals surface area contributed by atoms with Crippen LogP contribution in [0.5, 0.6) is 0 Å². The molecule has 3 N–H and O–H groups in total. The normalized spacial score (nSPS) is 10.7. The van der Waals surface area contributed by atoms with Crippen LogP contribution in [-0.4, -0.2) is 26.1 Å². The number of rotatable bonds is 5. The van der Waals surface area contributed by atoms with Gasteiger partial charge in [-0.25, -0.2) is 9.48 Å². The third-order valence-electron chi connectivity index (χ3n) is 3.61. The molecule has 0 bridgehead atoms. The smallest absolute Gasteiger partial charge is 0.335 e. The van der Waals surface area contributed by atoms with Gasteiger partial charge in [-0.2, -0.15) is 0 Å². The Morgan fingerprint density at radius 2 is 1.78 bits per heavy atom. The largest absolute Gasteiger partial charge is 0.478 e. The highest BCUT2D eigenvalue weighted by Crippen LogP contribution is 2.17. The van der Waals surface area contributed by atoms with E-state index in [2.05, 4.69) is 10.3 Å². The standard InChI is InChI=1S/C17H16N4O2/c18-11-15-16(10-12-4-2-1-3-5-12)21(20-19-15)14-8-6-13(7-9-14)17(22)23/h1-9H,10-11,18H2,(H,22,23). The highest BCUT2D eigenvalue weighted by atomic mass is 16.4. The van der Waals surface area contributed by atoms with Crippen LogP contribution in [0.2, 0.25) is 0 Å². The van der Waals surface area contributed by atoms with Crippen molar-refractivity contribution in [1.29, 1.82) is 0 Å². The molecule has 0 aliphatic heterocycles. The number of aromatic carboxylic acids is 1. The molecule has 0 saturated carbocycles. The number of carboxylic acid groups (broad SMARTS) is 1. The fourth-order valence-electron chi connectivity index (χ4n) is 2.41. The van der Waals surface area contributed by atoms with Crippen molar-refractivity contribution in [3.63, 3.8) is 0 Å². The third-order valence-corrected chi connectivity index (χ3v) is 3.61. The van der Waals surface area contributed by atoms with Crippen molar-refractivity contribution in [3.8, 4) is 5.69 Å². The minimum absolute atomic E-state index is 0.234. The first-order valence-corrected chi connectivity index (χ1v) is 7.20. The summed E-state index contributed by atoms with van der Waals surface area (Å²) in [5.74, 6) is -0.956. The van der Waals surface area contributed by atoms with Crippen LogP contribution >= 0.6 is 0 Å². The summed E-state index contributed by atoms with van der Waals surface area (Å²) >= 11 is 0. The monoisotopic (exact) mass is 308 g/mol. The van der Waals surface area contributed by atoms with Gasteiger partial charge < -0.3 is 10.8 Å². The number of carboxylic acids is 1. The minimum Gasteiger partial charge on any atom is -0.478 e. The molecule has 0 spiro atoms. The molecule has 0 fully saturated rings. The van der Waals surface area contributed by atoms with E-state index in [4.69, 9.17) is 10.8 Å². The maximum Gasteiger partial charge on any atom is 0.335 e. The molecule has 116 valence electrons. The lowest BCUT2D eigenvalue weighted by Crippen LogP contribution is -2.07. The molecule has 6 heteroatoms. The van der Waals surface area contributed by atoms with Gasteiger partial charge in [0, 0.05) is 13.0 Å². The maximum atomic E-state index is 11.0. The average molecular weight is 308 g/mol. The Labute approximate surface area is 133 Å². The van der Waals surface area contributed by atoms with Crippen LogP contribution in [0.15, 0.2) is 54.6 Å². The number of aromatic nitrogens is 3. The lowest BCUT2D eigenvalue weighted by molar-refractivity contribution is 0.0697. The number of nitrogens with two attached hydrogens (primary N) is 1. The highest BCUT2D eigenvalue weighted by molar-refractivity contribution is 5.87. The Balaban J connectivity index is 1.99. The van der Waals surface area contributed by atoms with E-state index in [9.17, 15) is 4.79 Å². The van der Waals surface area contributed by atoms with Crippen LogP contribution in [0.3, 0.4) is 0 Å². The van der Waals surface area contributed by atoms with Gasteiger partial charge in [-0.05, 0) is 29.8 Å². The van der Waals surface area contributed by atoms with E-state index in [-0.39, 0.29) is 5.56 Å². The van der Waals surface area contributed by atoms with Gasteiger partial charge in [0.05, 0.1) is 16.9 Å². The molecule has 0 aliphatic rings. The van der Waals surface area contributed by atoms with Crippen LogP contribution in [0.4, 0.5) is 0 Å². The second kappa shape index (κ2) is 6.41. The van der Waals surface area contributed by atoms with Gasteiger partial charge in [-0.1, -0.05) is 35.5 Å². The molecule has 23 heavy (non-hydrogen) atoms. The first-order valence-electron chi connectivity index (χ1n) is 7.20. The Hall–Kier alpha value is -2.99. The molecule has 0 radical (unpaired) electrons. The molecule has 0 atom stereocenters. The van der Waals surface area contributed by atoms with E-state index < -0.39 is 5.97 Å². The molecular formula is C17H16N4O2. The molecule has 3 aromatic rings. The van der Waals surface area contributed by atoms with E-state index >= 15 is 0 Å². The minimum atomic E-state index is -0.956. The second-order valence-electron chi connectivity index (χ2n) is 5.11. The topological polar surface area (TPSA) is 94.0 Å². The molecule has 3 rings (SSSR count). The van der Waals surface area contributed by atoms with E-state index in [0.29, 0.717) is 13.0 Å². The van der Waals surface area contributed by atoms with Gasteiger partial charge in [-0.3, -0.25) is 0 Å². The van der Waals surface area contributed by atoms with Crippen LogP contribution in [0.1, 0.15) is 27.3 Å². The number of hydrogen-bond acceptors (Lipinski definition) is 4. The Morgan fingerprint density at radius 1 is 1.09 bits per heavy atom. The van der Waals surface area contributed by atoms with Crippen molar-refractivity contribution < 1.29 is 9.90 Å². The fourth-order valence-corrected chi connectivity index (χ4v) is 2.41. The van der Waals surface area contributed by atoms with Gasteiger partial charge in [0.2, 0.25) is 0 Å². The highest BCUT2D eigenvalue weighted by Gasteiger charge is 2.14. The predicted octanol–water partition coefficient (Wildman–Crippen LogP) is 2.01. The first kappa shape index (κ1) is 14.9. The fraction of sp³-hybridized carbons (Fsp3) is 0.118. The van der Waals surface area contributed by atoms with Crippen molar-refractivity contribution >= 4 is 5.97 Å². The molecule has 0 amide bonds. The molecule has 2 aromatic carbocycles. The molecule has 6 nitrogen and oxygen atoms in total. The van der Waals surface area contributed by atoms with Gasteiger partial charge in [-0.15, -0.1) is 5.10 Å². The number of hydrogen-bond donors (Lipinski definition) is 2. The van der Waals surface area contributed by atoms with Crippen LogP contribution in [0, 0.1) is 0 Å². The van der Waals surface area contributed by atoms with Crippen molar-refractivity contribution in [2.45, 2.75) is 13.0 Å². The Morgan fingerprint density at radius 3 is 2.39 bits per heavy atom. The number of carbonyl (C=O) groups is 1. The molecule has 0 unspecified atom stereocenters. The average Bonchev–Trinajstić information content (AvgIpc) is 2.98.